The van der Waals surface area contributed by atoms with Gasteiger partial charge in [-0.15, -0.1) is 0 Å². The predicted molar refractivity (Wildman–Crippen MR) is 69.3 cm³/mol. The van der Waals surface area contributed by atoms with Crippen molar-refractivity contribution < 1.29 is 9.47 Å². The molecule has 0 aliphatic carbocycles. The lowest BCUT2D eigenvalue weighted by Crippen LogP contribution is -2.20. The smallest absolute Gasteiger partial charge is 0.130 e. The summed E-state index contributed by atoms with van der Waals surface area (Å²) in [6.45, 7) is 2.40. The van der Waals surface area contributed by atoms with Gasteiger partial charge in [-0.2, -0.15) is 0 Å². The highest BCUT2D eigenvalue weighted by Crippen LogP contribution is 2.23. The number of rotatable bonds is 5. The minimum Gasteiger partial charge on any atom is -0.488 e. The first kappa shape index (κ1) is 13.2. The van der Waals surface area contributed by atoms with Crippen molar-refractivity contribution >= 4 is 28.8 Å². The van der Waals surface area contributed by atoms with Crippen LogP contribution in [0.4, 0.5) is 0 Å². The molecular formula is C11H14ClNO2S. The monoisotopic (exact) mass is 259 g/mol. The van der Waals surface area contributed by atoms with Crippen molar-refractivity contribution in [2.75, 3.05) is 13.7 Å². The molecule has 2 N–H and O–H groups in total. The third kappa shape index (κ3) is 3.63. The third-order valence-corrected chi connectivity index (χ3v) is 2.39. The zero-order chi connectivity index (χ0) is 12.1. The predicted octanol–water partition coefficient (Wildman–Crippen LogP) is 2.39. The molecule has 0 aliphatic rings. The average molecular weight is 260 g/mol. The summed E-state index contributed by atoms with van der Waals surface area (Å²) in [7, 11) is 1.62. The zero-order valence-electron chi connectivity index (χ0n) is 9.20. The standard InChI is InChI=1S/C11H14ClNO2S/c1-7(6-14-2)15-10-4-3-8(12)5-9(10)11(13)16/h3-5,7H,6H2,1-2H3,(H2,13,16). The molecule has 0 saturated heterocycles. The number of ether oxygens (including phenoxy) is 2. The third-order valence-electron chi connectivity index (χ3n) is 1.94. The van der Waals surface area contributed by atoms with E-state index in [1.165, 1.54) is 0 Å². The van der Waals surface area contributed by atoms with Crippen molar-refractivity contribution in [3.05, 3.63) is 28.8 Å². The highest BCUT2D eigenvalue weighted by molar-refractivity contribution is 7.80. The zero-order valence-corrected chi connectivity index (χ0v) is 10.8. The SMILES string of the molecule is COCC(C)Oc1ccc(Cl)cc1C(N)=S. The lowest BCUT2D eigenvalue weighted by Gasteiger charge is -2.16. The summed E-state index contributed by atoms with van der Waals surface area (Å²) in [6.07, 6.45) is -0.0701. The van der Waals surface area contributed by atoms with Crippen molar-refractivity contribution in [3.8, 4) is 5.75 Å². The normalized spacial score (nSPS) is 12.2. The molecule has 0 bridgehead atoms. The molecule has 3 nitrogen and oxygen atoms in total. The van der Waals surface area contributed by atoms with Gasteiger partial charge in [0.05, 0.1) is 12.2 Å². The molecule has 0 spiro atoms. The summed E-state index contributed by atoms with van der Waals surface area (Å²) >= 11 is 10.8. The van der Waals surface area contributed by atoms with Gasteiger partial charge < -0.3 is 15.2 Å². The Morgan fingerprint density at radius 3 is 2.81 bits per heavy atom. The van der Waals surface area contributed by atoms with Gasteiger partial charge in [0.2, 0.25) is 0 Å². The number of hydrogen-bond donors (Lipinski definition) is 1. The molecule has 1 unspecified atom stereocenters. The van der Waals surface area contributed by atoms with Crippen molar-refractivity contribution in [2.45, 2.75) is 13.0 Å². The van der Waals surface area contributed by atoms with Gasteiger partial charge in [0.15, 0.2) is 0 Å². The number of hydrogen-bond acceptors (Lipinski definition) is 3. The molecule has 1 atom stereocenters. The maximum absolute atomic E-state index is 5.86. The van der Waals surface area contributed by atoms with Crippen molar-refractivity contribution in [3.63, 3.8) is 0 Å². The Kier molecular flexibility index (Phi) is 4.99. The van der Waals surface area contributed by atoms with Crippen LogP contribution in [0.15, 0.2) is 18.2 Å². The van der Waals surface area contributed by atoms with Gasteiger partial charge in [-0.05, 0) is 25.1 Å². The number of methoxy groups -OCH3 is 1. The van der Waals surface area contributed by atoms with Gasteiger partial charge in [0.25, 0.3) is 0 Å². The molecule has 1 aromatic rings. The van der Waals surface area contributed by atoms with Gasteiger partial charge in [-0.1, -0.05) is 23.8 Å². The van der Waals surface area contributed by atoms with E-state index in [0.717, 1.165) is 0 Å². The van der Waals surface area contributed by atoms with Crippen molar-refractivity contribution in [2.24, 2.45) is 5.73 Å². The molecule has 0 radical (unpaired) electrons. The average Bonchev–Trinajstić information content (AvgIpc) is 2.20. The second-order valence-electron chi connectivity index (χ2n) is 3.39. The number of benzene rings is 1. The Morgan fingerprint density at radius 2 is 2.25 bits per heavy atom. The molecule has 1 rings (SSSR count). The summed E-state index contributed by atoms with van der Waals surface area (Å²) in [5, 5.41) is 0.578. The van der Waals surface area contributed by atoms with Gasteiger partial charge >= 0.3 is 0 Å². The van der Waals surface area contributed by atoms with E-state index in [9.17, 15) is 0 Å². The Bertz CT molecular complexity index is 384. The van der Waals surface area contributed by atoms with Gasteiger partial charge in [-0.25, -0.2) is 0 Å². The largest absolute Gasteiger partial charge is 0.488 e. The molecule has 0 amide bonds. The van der Waals surface area contributed by atoms with Crippen LogP contribution in [0.2, 0.25) is 5.02 Å². The van der Waals surface area contributed by atoms with E-state index in [1.807, 2.05) is 6.92 Å². The quantitative estimate of drug-likeness (QED) is 0.825. The van der Waals surface area contributed by atoms with Gasteiger partial charge in [0.1, 0.15) is 16.8 Å². The van der Waals surface area contributed by atoms with E-state index in [0.29, 0.717) is 22.9 Å². The Labute approximate surface area is 105 Å². The number of halogens is 1. The van der Waals surface area contributed by atoms with Crippen LogP contribution < -0.4 is 10.5 Å². The van der Waals surface area contributed by atoms with E-state index >= 15 is 0 Å². The summed E-state index contributed by atoms with van der Waals surface area (Å²) in [5.74, 6) is 0.626. The maximum atomic E-state index is 5.86. The molecule has 5 heteroatoms. The molecule has 1 aromatic carbocycles. The van der Waals surface area contributed by atoms with Crippen molar-refractivity contribution in [1.82, 2.24) is 0 Å². The van der Waals surface area contributed by atoms with Crippen molar-refractivity contribution in [1.29, 1.82) is 0 Å². The van der Waals surface area contributed by atoms with E-state index in [4.69, 9.17) is 39.0 Å². The van der Waals surface area contributed by atoms with Crippen LogP contribution in [-0.4, -0.2) is 24.8 Å². The second-order valence-corrected chi connectivity index (χ2v) is 4.26. The first-order valence-electron chi connectivity index (χ1n) is 4.79. The van der Waals surface area contributed by atoms with Crippen LogP contribution >= 0.6 is 23.8 Å². The van der Waals surface area contributed by atoms with Gasteiger partial charge in [-0.3, -0.25) is 0 Å². The maximum Gasteiger partial charge on any atom is 0.130 e. The van der Waals surface area contributed by atoms with Gasteiger partial charge in [0, 0.05) is 12.1 Å². The summed E-state index contributed by atoms with van der Waals surface area (Å²) in [6, 6.07) is 5.18. The molecular weight excluding hydrogens is 246 g/mol. The first-order chi connectivity index (χ1) is 7.54. The van der Waals surface area contributed by atoms with Crippen LogP contribution in [0, 0.1) is 0 Å². The fourth-order valence-corrected chi connectivity index (χ4v) is 1.61. The van der Waals surface area contributed by atoms with Crippen LogP contribution in [0.25, 0.3) is 0 Å². The molecule has 88 valence electrons. The van der Waals surface area contributed by atoms with E-state index in [-0.39, 0.29) is 11.1 Å². The lowest BCUT2D eigenvalue weighted by atomic mass is 10.2. The second kappa shape index (κ2) is 6.03. The molecule has 0 aromatic heterocycles. The minimum atomic E-state index is -0.0701. The van der Waals surface area contributed by atoms with E-state index in [1.54, 1.807) is 25.3 Å². The molecule has 0 aliphatic heterocycles. The Balaban J connectivity index is 2.90. The minimum absolute atomic E-state index is 0.0701. The van der Waals surface area contributed by atoms with Crippen LogP contribution in [0.1, 0.15) is 12.5 Å². The highest BCUT2D eigenvalue weighted by Gasteiger charge is 2.10. The molecule has 16 heavy (non-hydrogen) atoms. The topological polar surface area (TPSA) is 44.5 Å². The number of nitrogens with two attached hydrogens (primary N) is 1. The first-order valence-corrected chi connectivity index (χ1v) is 5.58. The summed E-state index contributed by atoms with van der Waals surface area (Å²) in [5.41, 5.74) is 6.24. The van der Waals surface area contributed by atoms with E-state index < -0.39 is 0 Å². The molecule has 0 saturated carbocycles. The Morgan fingerprint density at radius 1 is 1.56 bits per heavy atom. The fraction of sp³-hybridized carbons (Fsp3) is 0.364. The molecule has 0 fully saturated rings. The molecule has 0 heterocycles. The van der Waals surface area contributed by atoms with Crippen LogP contribution in [-0.2, 0) is 4.74 Å². The summed E-state index contributed by atoms with van der Waals surface area (Å²) < 4.78 is 10.6. The van der Waals surface area contributed by atoms with Crippen LogP contribution in [0.3, 0.4) is 0 Å². The lowest BCUT2D eigenvalue weighted by molar-refractivity contribution is 0.0920. The Hall–Kier alpha value is -0.840. The fourth-order valence-electron chi connectivity index (χ4n) is 1.28. The number of thiocarbonyl (C=S) groups is 1. The highest BCUT2D eigenvalue weighted by atomic mass is 35.5. The van der Waals surface area contributed by atoms with Crippen LogP contribution in [0.5, 0.6) is 5.75 Å². The van der Waals surface area contributed by atoms with E-state index in [2.05, 4.69) is 0 Å². The summed E-state index contributed by atoms with van der Waals surface area (Å²) in [4.78, 5) is 0.266.